The number of aryl methyl sites for hydroxylation is 1. The van der Waals surface area contributed by atoms with Crippen molar-refractivity contribution >= 4 is 23.2 Å². The van der Waals surface area contributed by atoms with Gasteiger partial charge in [0.25, 0.3) is 0 Å². The monoisotopic (exact) mass is 289 g/mol. The highest BCUT2D eigenvalue weighted by molar-refractivity contribution is 6.30. The van der Waals surface area contributed by atoms with E-state index < -0.39 is 0 Å². The predicted molar refractivity (Wildman–Crippen MR) is 80.6 cm³/mol. The highest BCUT2D eigenvalue weighted by Crippen LogP contribution is 2.18. The lowest BCUT2D eigenvalue weighted by Gasteiger charge is -2.12. The number of carbonyl (C=O) groups excluding carboxylic acids is 1. The average Bonchev–Trinajstić information content (AvgIpc) is 2.44. The largest absolute Gasteiger partial charge is 0.325 e. The summed E-state index contributed by atoms with van der Waals surface area (Å²) in [5.74, 6) is -0.148. The molecular weight excluding hydrogens is 274 g/mol. The molecule has 104 valence electrons. The Labute approximate surface area is 123 Å². The first-order chi connectivity index (χ1) is 9.56. The Morgan fingerprint density at radius 1 is 1.40 bits per heavy atom. The Bertz CT molecular complexity index is 601. The second kappa shape index (κ2) is 6.50. The van der Waals surface area contributed by atoms with Gasteiger partial charge in [-0.05, 0) is 24.1 Å². The Morgan fingerprint density at radius 2 is 2.10 bits per heavy atom. The minimum absolute atomic E-state index is 0.148. The number of nitrogens with two attached hydrogens (primary N) is 1. The van der Waals surface area contributed by atoms with E-state index in [-0.39, 0.29) is 18.4 Å². The van der Waals surface area contributed by atoms with Crippen molar-refractivity contribution in [3.8, 4) is 0 Å². The molecule has 0 radical (unpaired) electrons. The van der Waals surface area contributed by atoms with Gasteiger partial charge in [0.05, 0.1) is 11.9 Å². The van der Waals surface area contributed by atoms with E-state index in [0.29, 0.717) is 10.8 Å². The van der Waals surface area contributed by atoms with E-state index in [1.165, 1.54) is 6.20 Å². The predicted octanol–water partition coefficient (Wildman–Crippen LogP) is 3.07. The Morgan fingerprint density at radius 3 is 2.75 bits per heavy atom. The quantitative estimate of drug-likeness (QED) is 0.850. The van der Waals surface area contributed by atoms with Gasteiger partial charge >= 0.3 is 0 Å². The maximum absolute atomic E-state index is 11.9. The topological polar surface area (TPSA) is 68.0 Å². The molecule has 20 heavy (non-hydrogen) atoms. The molecule has 1 amide bonds. The number of benzene rings is 1. The van der Waals surface area contributed by atoms with Gasteiger partial charge in [-0.2, -0.15) is 0 Å². The molecule has 4 nitrogen and oxygen atoms in total. The number of pyridine rings is 1. The molecule has 5 heteroatoms. The van der Waals surface area contributed by atoms with Crippen LogP contribution in [0.2, 0.25) is 5.15 Å². The van der Waals surface area contributed by atoms with Gasteiger partial charge in [0.2, 0.25) is 5.91 Å². The molecule has 1 atom stereocenters. The molecule has 0 saturated carbocycles. The molecule has 1 heterocycles. The lowest BCUT2D eigenvalue weighted by Crippen LogP contribution is -2.20. The van der Waals surface area contributed by atoms with Gasteiger partial charge in [0, 0.05) is 12.5 Å². The van der Waals surface area contributed by atoms with E-state index in [1.54, 1.807) is 6.07 Å². The highest BCUT2D eigenvalue weighted by atomic mass is 35.5. The van der Waals surface area contributed by atoms with Gasteiger partial charge in [-0.25, -0.2) is 4.98 Å². The van der Waals surface area contributed by atoms with Crippen LogP contribution in [-0.2, 0) is 4.79 Å². The third kappa shape index (κ3) is 3.79. The number of hydrogen-bond donors (Lipinski definition) is 2. The van der Waals surface area contributed by atoms with Crippen LogP contribution >= 0.6 is 11.6 Å². The Hall–Kier alpha value is -1.91. The second-order valence-electron chi connectivity index (χ2n) is 4.60. The number of carbonyl (C=O) groups is 1. The highest BCUT2D eigenvalue weighted by Gasteiger charge is 2.12. The second-order valence-corrected chi connectivity index (χ2v) is 4.96. The van der Waals surface area contributed by atoms with Crippen LogP contribution in [0.15, 0.2) is 42.6 Å². The summed E-state index contributed by atoms with van der Waals surface area (Å²) < 4.78 is 0. The molecular formula is C15H16ClN3O. The van der Waals surface area contributed by atoms with Crippen LogP contribution in [0.25, 0.3) is 0 Å². The molecule has 0 saturated heterocycles. The fourth-order valence-corrected chi connectivity index (χ4v) is 1.96. The summed E-state index contributed by atoms with van der Waals surface area (Å²) in [7, 11) is 0. The number of rotatable bonds is 4. The summed E-state index contributed by atoms with van der Waals surface area (Å²) in [5, 5.41) is 3.20. The van der Waals surface area contributed by atoms with Crippen molar-refractivity contribution in [2.75, 3.05) is 5.32 Å². The van der Waals surface area contributed by atoms with Crippen LogP contribution in [0, 0.1) is 6.92 Å². The zero-order valence-corrected chi connectivity index (χ0v) is 11.9. The number of halogens is 1. The van der Waals surface area contributed by atoms with Crippen LogP contribution in [0.5, 0.6) is 0 Å². The van der Waals surface area contributed by atoms with E-state index in [0.717, 1.165) is 11.1 Å². The Kier molecular flexibility index (Phi) is 4.71. The van der Waals surface area contributed by atoms with E-state index in [4.69, 9.17) is 17.3 Å². The molecule has 0 aliphatic heterocycles. The molecule has 0 bridgehead atoms. The molecule has 0 aliphatic rings. The van der Waals surface area contributed by atoms with Crippen molar-refractivity contribution in [2.24, 2.45) is 5.73 Å². The molecule has 0 spiro atoms. The van der Waals surface area contributed by atoms with Crippen LogP contribution in [0.3, 0.4) is 0 Å². The molecule has 1 aromatic carbocycles. The number of aromatic nitrogens is 1. The van der Waals surface area contributed by atoms with Crippen LogP contribution in [0.4, 0.5) is 5.69 Å². The zero-order valence-electron chi connectivity index (χ0n) is 11.1. The van der Waals surface area contributed by atoms with Crippen molar-refractivity contribution in [2.45, 2.75) is 19.4 Å². The van der Waals surface area contributed by atoms with E-state index >= 15 is 0 Å². The molecule has 2 aromatic rings. The number of hydrogen-bond acceptors (Lipinski definition) is 3. The van der Waals surface area contributed by atoms with Gasteiger partial charge in [0.15, 0.2) is 0 Å². The van der Waals surface area contributed by atoms with Gasteiger partial charge in [-0.1, -0.05) is 41.9 Å². The zero-order chi connectivity index (χ0) is 14.5. The summed E-state index contributed by atoms with van der Waals surface area (Å²) in [6, 6.07) is 11.0. The maximum atomic E-state index is 11.9. The molecule has 3 N–H and O–H groups in total. The fraction of sp³-hybridized carbons (Fsp3) is 0.200. The van der Waals surface area contributed by atoms with Crippen molar-refractivity contribution in [1.82, 2.24) is 4.98 Å². The lowest BCUT2D eigenvalue weighted by molar-refractivity contribution is -0.116. The van der Waals surface area contributed by atoms with Crippen LogP contribution in [0.1, 0.15) is 23.6 Å². The van der Waals surface area contributed by atoms with Gasteiger partial charge in [-0.15, -0.1) is 0 Å². The molecule has 0 aliphatic carbocycles. The first-order valence-corrected chi connectivity index (χ1v) is 6.66. The number of nitrogens with zero attached hydrogens (tertiary/aromatic N) is 1. The third-order valence-corrected chi connectivity index (χ3v) is 3.33. The third-order valence-electron chi connectivity index (χ3n) is 2.93. The number of nitrogens with one attached hydrogen (secondary N) is 1. The molecule has 1 aromatic heterocycles. The number of anilines is 1. The first kappa shape index (κ1) is 14.5. The van der Waals surface area contributed by atoms with Crippen molar-refractivity contribution in [3.05, 3.63) is 58.9 Å². The number of amides is 1. The van der Waals surface area contributed by atoms with Gasteiger partial charge < -0.3 is 11.1 Å². The molecule has 2 rings (SSSR count). The summed E-state index contributed by atoms with van der Waals surface area (Å²) >= 11 is 5.84. The summed E-state index contributed by atoms with van der Waals surface area (Å²) in [5.41, 5.74) is 8.38. The fourth-order valence-electron chi connectivity index (χ4n) is 1.86. The molecule has 0 fully saturated rings. The SMILES string of the molecule is Cc1cc(NC(=O)CC(N)c2ccccc2)cnc1Cl. The minimum atomic E-state index is -0.322. The van der Waals surface area contributed by atoms with Crippen molar-refractivity contribution in [1.29, 1.82) is 0 Å². The summed E-state index contributed by atoms with van der Waals surface area (Å²) in [6.07, 6.45) is 1.74. The minimum Gasteiger partial charge on any atom is -0.325 e. The lowest BCUT2D eigenvalue weighted by atomic mass is 10.0. The normalized spacial score (nSPS) is 11.9. The van der Waals surface area contributed by atoms with Gasteiger partial charge in [0.1, 0.15) is 5.15 Å². The maximum Gasteiger partial charge on any atom is 0.226 e. The standard InChI is InChI=1S/C15H16ClN3O/c1-10-7-12(9-18-15(10)16)19-14(20)8-13(17)11-5-3-2-4-6-11/h2-7,9,13H,8,17H2,1H3,(H,19,20). The van der Waals surface area contributed by atoms with E-state index in [9.17, 15) is 4.79 Å². The van der Waals surface area contributed by atoms with Crippen LogP contribution < -0.4 is 11.1 Å². The summed E-state index contributed by atoms with van der Waals surface area (Å²) in [4.78, 5) is 15.9. The Balaban J connectivity index is 1.97. The van der Waals surface area contributed by atoms with Crippen molar-refractivity contribution < 1.29 is 4.79 Å². The summed E-state index contributed by atoms with van der Waals surface area (Å²) in [6.45, 7) is 1.83. The average molecular weight is 290 g/mol. The van der Waals surface area contributed by atoms with Crippen LogP contribution in [-0.4, -0.2) is 10.9 Å². The van der Waals surface area contributed by atoms with E-state index in [2.05, 4.69) is 10.3 Å². The van der Waals surface area contributed by atoms with Crippen molar-refractivity contribution in [3.63, 3.8) is 0 Å². The molecule has 1 unspecified atom stereocenters. The van der Waals surface area contributed by atoms with Gasteiger partial charge in [-0.3, -0.25) is 4.79 Å². The van der Waals surface area contributed by atoms with E-state index in [1.807, 2.05) is 37.3 Å². The smallest absolute Gasteiger partial charge is 0.226 e. The first-order valence-electron chi connectivity index (χ1n) is 6.29.